The minimum Gasteiger partial charge on any atom is -0.273 e. The molecule has 0 unspecified atom stereocenters. The Bertz CT molecular complexity index is 721. The van der Waals surface area contributed by atoms with Crippen LogP contribution in [0, 0.1) is 5.82 Å². The van der Waals surface area contributed by atoms with Crippen molar-refractivity contribution >= 4 is 45.8 Å². The molecule has 21 heavy (non-hydrogen) atoms. The van der Waals surface area contributed by atoms with Gasteiger partial charge in [-0.05, 0) is 30.3 Å². The number of para-hydroxylation sites is 1. The third kappa shape index (κ3) is 2.94. The van der Waals surface area contributed by atoms with Crippen molar-refractivity contribution in [3.63, 3.8) is 0 Å². The van der Waals surface area contributed by atoms with Gasteiger partial charge in [0.2, 0.25) is 5.91 Å². The number of amides is 1. The minimum absolute atomic E-state index is 0.0115. The Balaban J connectivity index is 1.98. The van der Waals surface area contributed by atoms with Crippen LogP contribution < -0.4 is 4.90 Å². The number of amidine groups is 1. The van der Waals surface area contributed by atoms with Crippen molar-refractivity contribution in [2.75, 3.05) is 10.7 Å². The molecule has 106 valence electrons. The van der Waals surface area contributed by atoms with Crippen LogP contribution in [0.1, 0.15) is 0 Å². The lowest BCUT2D eigenvalue weighted by Crippen LogP contribution is -2.28. The van der Waals surface area contributed by atoms with Gasteiger partial charge in [0, 0.05) is 0 Å². The largest absolute Gasteiger partial charge is 0.273 e. The number of nitrogens with zero attached hydrogens (tertiary/aromatic N) is 2. The van der Waals surface area contributed by atoms with Crippen molar-refractivity contribution < 1.29 is 9.18 Å². The molecule has 0 aromatic heterocycles. The molecule has 1 aliphatic heterocycles. The molecule has 0 bridgehead atoms. The second-order valence-corrected chi connectivity index (χ2v) is 5.70. The number of halogens is 2. The smallest absolute Gasteiger partial charge is 0.243 e. The van der Waals surface area contributed by atoms with Crippen LogP contribution in [0.25, 0.3) is 0 Å². The van der Waals surface area contributed by atoms with Crippen molar-refractivity contribution in [2.24, 2.45) is 4.99 Å². The van der Waals surface area contributed by atoms with Gasteiger partial charge in [-0.3, -0.25) is 9.69 Å². The number of hydrogen-bond donors (Lipinski definition) is 0. The lowest BCUT2D eigenvalue weighted by Gasteiger charge is -2.15. The summed E-state index contributed by atoms with van der Waals surface area (Å²) in [5, 5.41) is 0.575. The standard InChI is InChI=1S/C15H10ClFN2OS/c16-12-8-10(6-7-13(12)17)18-15-19(14(20)9-21-15)11-4-2-1-3-5-11/h1-8H,9H2. The number of thioether (sulfide) groups is 1. The van der Waals surface area contributed by atoms with Gasteiger partial charge in [0.05, 0.1) is 22.2 Å². The third-order valence-electron chi connectivity index (χ3n) is 2.91. The van der Waals surface area contributed by atoms with Crippen LogP contribution in [-0.4, -0.2) is 16.8 Å². The number of carbonyl (C=O) groups excluding carboxylic acids is 1. The van der Waals surface area contributed by atoms with E-state index < -0.39 is 5.82 Å². The van der Waals surface area contributed by atoms with Crippen LogP contribution >= 0.6 is 23.4 Å². The topological polar surface area (TPSA) is 32.7 Å². The molecule has 3 nitrogen and oxygen atoms in total. The molecule has 0 spiro atoms. The first-order chi connectivity index (χ1) is 10.1. The maximum atomic E-state index is 13.2. The zero-order chi connectivity index (χ0) is 14.8. The normalized spacial score (nSPS) is 16.8. The lowest BCUT2D eigenvalue weighted by atomic mass is 10.3. The highest BCUT2D eigenvalue weighted by molar-refractivity contribution is 8.15. The van der Waals surface area contributed by atoms with Gasteiger partial charge < -0.3 is 0 Å². The van der Waals surface area contributed by atoms with E-state index in [9.17, 15) is 9.18 Å². The molecule has 0 aliphatic carbocycles. The monoisotopic (exact) mass is 320 g/mol. The van der Waals surface area contributed by atoms with E-state index in [4.69, 9.17) is 11.6 Å². The van der Waals surface area contributed by atoms with E-state index in [-0.39, 0.29) is 10.9 Å². The van der Waals surface area contributed by atoms with Crippen LogP contribution in [-0.2, 0) is 4.79 Å². The van der Waals surface area contributed by atoms with Crippen LogP contribution in [0.5, 0.6) is 0 Å². The van der Waals surface area contributed by atoms with Crippen molar-refractivity contribution in [3.05, 3.63) is 59.4 Å². The first-order valence-corrected chi connectivity index (χ1v) is 7.56. The Morgan fingerprint density at radius 1 is 1.19 bits per heavy atom. The van der Waals surface area contributed by atoms with E-state index in [0.717, 1.165) is 5.69 Å². The minimum atomic E-state index is -0.490. The molecule has 0 N–H and O–H groups in total. The molecule has 1 amide bonds. The second kappa shape index (κ2) is 5.87. The molecular formula is C15H10ClFN2OS. The van der Waals surface area contributed by atoms with Crippen LogP contribution in [0.15, 0.2) is 53.5 Å². The maximum absolute atomic E-state index is 13.2. The molecule has 0 radical (unpaired) electrons. The Morgan fingerprint density at radius 3 is 2.67 bits per heavy atom. The van der Waals surface area contributed by atoms with Gasteiger partial charge in [-0.1, -0.05) is 41.6 Å². The van der Waals surface area contributed by atoms with Gasteiger partial charge in [0.15, 0.2) is 5.17 Å². The van der Waals surface area contributed by atoms with Crippen molar-refractivity contribution in [3.8, 4) is 0 Å². The summed E-state index contributed by atoms with van der Waals surface area (Å²) in [4.78, 5) is 18.0. The molecule has 3 rings (SSSR count). The number of carbonyl (C=O) groups is 1. The highest BCUT2D eigenvalue weighted by Gasteiger charge is 2.29. The summed E-state index contributed by atoms with van der Waals surface area (Å²) >= 11 is 7.10. The first kappa shape index (κ1) is 14.1. The van der Waals surface area contributed by atoms with E-state index in [1.165, 1.54) is 30.0 Å². The van der Waals surface area contributed by atoms with Gasteiger partial charge in [-0.15, -0.1) is 0 Å². The first-order valence-electron chi connectivity index (χ1n) is 6.20. The van der Waals surface area contributed by atoms with E-state index in [0.29, 0.717) is 16.6 Å². The third-order valence-corrected chi connectivity index (χ3v) is 4.12. The fourth-order valence-electron chi connectivity index (χ4n) is 1.94. The quantitative estimate of drug-likeness (QED) is 0.828. The van der Waals surface area contributed by atoms with Crippen LogP contribution in [0.4, 0.5) is 15.8 Å². The predicted molar refractivity (Wildman–Crippen MR) is 84.9 cm³/mol. The average Bonchev–Trinajstić information content (AvgIpc) is 2.85. The van der Waals surface area contributed by atoms with E-state index in [2.05, 4.69) is 4.99 Å². The highest BCUT2D eigenvalue weighted by atomic mass is 35.5. The molecule has 1 aliphatic rings. The molecule has 0 saturated carbocycles. The van der Waals surface area contributed by atoms with Gasteiger partial charge >= 0.3 is 0 Å². The second-order valence-electron chi connectivity index (χ2n) is 4.35. The fourth-order valence-corrected chi connectivity index (χ4v) is 3.00. The summed E-state index contributed by atoms with van der Waals surface area (Å²) in [5.74, 6) is -0.184. The summed E-state index contributed by atoms with van der Waals surface area (Å²) in [6.07, 6.45) is 0. The van der Waals surface area contributed by atoms with E-state index >= 15 is 0 Å². The maximum Gasteiger partial charge on any atom is 0.243 e. The SMILES string of the molecule is O=C1CSC(=Nc2ccc(F)c(Cl)c2)N1c1ccccc1. The fraction of sp³-hybridized carbons (Fsp3) is 0.0667. The Labute approximate surface area is 130 Å². The number of benzene rings is 2. The number of rotatable bonds is 2. The molecule has 1 heterocycles. The Kier molecular flexibility index (Phi) is 3.94. The number of hydrogen-bond acceptors (Lipinski definition) is 3. The molecule has 6 heteroatoms. The van der Waals surface area contributed by atoms with Crippen LogP contribution in [0.3, 0.4) is 0 Å². The summed E-state index contributed by atoms with van der Waals surface area (Å²) < 4.78 is 13.2. The van der Waals surface area contributed by atoms with Crippen molar-refractivity contribution in [1.82, 2.24) is 0 Å². The van der Waals surface area contributed by atoms with Gasteiger partial charge in [-0.25, -0.2) is 9.38 Å². The molecule has 1 fully saturated rings. The summed E-state index contributed by atoms with van der Waals surface area (Å²) in [6.45, 7) is 0. The van der Waals surface area contributed by atoms with Crippen LogP contribution in [0.2, 0.25) is 5.02 Å². The Morgan fingerprint density at radius 2 is 1.95 bits per heavy atom. The summed E-state index contributed by atoms with van der Waals surface area (Å²) in [6, 6.07) is 13.5. The highest BCUT2D eigenvalue weighted by Crippen LogP contribution is 2.30. The zero-order valence-electron chi connectivity index (χ0n) is 10.8. The molecule has 2 aromatic rings. The van der Waals surface area contributed by atoms with E-state index in [1.54, 1.807) is 4.90 Å². The number of anilines is 1. The van der Waals surface area contributed by atoms with Crippen molar-refractivity contribution in [2.45, 2.75) is 0 Å². The molecule has 1 saturated heterocycles. The zero-order valence-corrected chi connectivity index (χ0v) is 12.4. The predicted octanol–water partition coefficient (Wildman–Crippen LogP) is 4.25. The van der Waals surface area contributed by atoms with E-state index in [1.807, 2.05) is 30.3 Å². The Hall–Kier alpha value is -1.85. The van der Waals surface area contributed by atoms with Gasteiger partial charge in [-0.2, -0.15) is 0 Å². The summed E-state index contributed by atoms with van der Waals surface area (Å²) in [5.41, 5.74) is 1.28. The molecule has 0 atom stereocenters. The average molecular weight is 321 g/mol. The molecular weight excluding hydrogens is 311 g/mol. The van der Waals surface area contributed by atoms with Gasteiger partial charge in [0.1, 0.15) is 5.82 Å². The summed E-state index contributed by atoms with van der Waals surface area (Å²) in [7, 11) is 0. The lowest BCUT2D eigenvalue weighted by molar-refractivity contribution is -0.115. The molecule has 2 aromatic carbocycles. The number of aliphatic imine (C=N–C) groups is 1. The van der Waals surface area contributed by atoms with Crippen molar-refractivity contribution in [1.29, 1.82) is 0 Å². The van der Waals surface area contributed by atoms with Gasteiger partial charge in [0.25, 0.3) is 0 Å².